The van der Waals surface area contributed by atoms with Gasteiger partial charge < -0.3 is 15.0 Å². The average molecular weight is 500 g/mol. The molecule has 1 aliphatic rings. The first-order valence-electron chi connectivity index (χ1n) is 12.1. The van der Waals surface area contributed by atoms with Crippen LogP contribution in [0.5, 0.6) is 0 Å². The molecule has 4 aromatic rings. The zero-order valence-electron chi connectivity index (χ0n) is 20.3. The Bertz CT molecular complexity index is 1340. The smallest absolute Gasteiger partial charge is 0.349 e. The van der Waals surface area contributed by atoms with E-state index in [-0.39, 0.29) is 12.5 Å². The van der Waals surface area contributed by atoms with Crippen LogP contribution in [0.15, 0.2) is 78.9 Å². The highest BCUT2D eigenvalue weighted by molar-refractivity contribution is 7.21. The fraction of sp³-hybridized carbons (Fsp3) is 0.241. The number of ether oxygens (including phenoxy) is 1. The monoisotopic (exact) mass is 499 g/mol. The van der Waals surface area contributed by atoms with Crippen LogP contribution in [0.4, 0.5) is 11.4 Å². The minimum Gasteiger partial charge on any atom is -0.451 e. The van der Waals surface area contributed by atoms with Crippen molar-refractivity contribution in [2.75, 3.05) is 43.0 Å². The lowest BCUT2D eigenvalue weighted by Crippen LogP contribution is -2.45. The average Bonchev–Trinajstić information content (AvgIpc) is 3.25. The number of amides is 1. The number of nitrogens with one attached hydrogen (secondary N) is 1. The zero-order chi connectivity index (χ0) is 24.9. The largest absolute Gasteiger partial charge is 0.451 e. The highest BCUT2D eigenvalue weighted by Crippen LogP contribution is 2.31. The van der Waals surface area contributed by atoms with Gasteiger partial charge >= 0.3 is 5.97 Å². The fourth-order valence-corrected chi connectivity index (χ4v) is 5.63. The third-order valence-electron chi connectivity index (χ3n) is 6.50. The van der Waals surface area contributed by atoms with Gasteiger partial charge in [0.2, 0.25) is 0 Å². The summed E-state index contributed by atoms with van der Waals surface area (Å²) in [7, 11) is 0. The number of nitrogens with zero attached hydrogens (tertiary/aromatic N) is 2. The predicted octanol–water partition coefficient (Wildman–Crippen LogP) is 5.33. The normalized spacial score (nSPS) is 14.1. The van der Waals surface area contributed by atoms with Crippen LogP contribution < -0.4 is 10.2 Å². The van der Waals surface area contributed by atoms with E-state index in [1.165, 1.54) is 16.9 Å². The van der Waals surface area contributed by atoms with Gasteiger partial charge in [-0.05, 0) is 53.8 Å². The molecule has 5 rings (SSSR count). The molecular weight excluding hydrogens is 470 g/mol. The molecule has 3 aromatic carbocycles. The summed E-state index contributed by atoms with van der Waals surface area (Å²) < 4.78 is 6.32. The van der Waals surface area contributed by atoms with Crippen LogP contribution in [-0.4, -0.2) is 49.6 Å². The Morgan fingerprint density at radius 2 is 1.58 bits per heavy atom. The minimum atomic E-state index is -0.467. The first-order chi connectivity index (χ1) is 17.6. The van der Waals surface area contributed by atoms with Crippen molar-refractivity contribution in [3.05, 3.63) is 94.9 Å². The lowest BCUT2D eigenvalue weighted by atomic mass is 10.1. The van der Waals surface area contributed by atoms with Crippen LogP contribution >= 0.6 is 11.3 Å². The molecular formula is C29H29N3O3S. The maximum absolute atomic E-state index is 12.5. The van der Waals surface area contributed by atoms with E-state index in [1.54, 1.807) is 0 Å². The zero-order valence-corrected chi connectivity index (χ0v) is 21.1. The van der Waals surface area contributed by atoms with Gasteiger partial charge in [-0.2, -0.15) is 0 Å². The van der Waals surface area contributed by atoms with Gasteiger partial charge in [0.25, 0.3) is 5.91 Å². The second-order valence-corrected chi connectivity index (χ2v) is 10.0. The van der Waals surface area contributed by atoms with Crippen LogP contribution in [0.1, 0.15) is 20.8 Å². The number of fused-ring (bicyclic) bond motifs is 1. The number of anilines is 2. The lowest BCUT2D eigenvalue weighted by molar-refractivity contribution is -0.119. The summed E-state index contributed by atoms with van der Waals surface area (Å²) in [6.07, 6.45) is 0. The topological polar surface area (TPSA) is 61.9 Å². The van der Waals surface area contributed by atoms with E-state index in [9.17, 15) is 9.59 Å². The van der Waals surface area contributed by atoms with E-state index in [2.05, 4.69) is 39.4 Å². The lowest BCUT2D eigenvalue weighted by Gasteiger charge is -2.36. The maximum atomic E-state index is 12.5. The summed E-state index contributed by atoms with van der Waals surface area (Å²) in [5.41, 5.74) is 4.05. The number of hydrogen-bond donors (Lipinski definition) is 1. The highest BCUT2D eigenvalue weighted by atomic mass is 32.1. The molecule has 1 aromatic heterocycles. The minimum absolute atomic E-state index is 0.322. The van der Waals surface area contributed by atoms with Gasteiger partial charge in [-0.1, -0.05) is 48.5 Å². The summed E-state index contributed by atoms with van der Waals surface area (Å²) in [6, 6.07) is 26.2. The molecule has 0 aliphatic carbocycles. The van der Waals surface area contributed by atoms with Gasteiger partial charge in [-0.15, -0.1) is 11.3 Å². The van der Waals surface area contributed by atoms with Crippen LogP contribution in [-0.2, 0) is 16.1 Å². The van der Waals surface area contributed by atoms with E-state index >= 15 is 0 Å². The summed E-state index contributed by atoms with van der Waals surface area (Å²) in [5.74, 6) is -0.824. The Morgan fingerprint density at radius 1 is 0.889 bits per heavy atom. The number of carbonyl (C=O) groups excluding carboxylic acids is 2. The number of hydrogen-bond acceptors (Lipinski definition) is 6. The number of rotatable bonds is 7. The van der Waals surface area contributed by atoms with Gasteiger partial charge in [0.15, 0.2) is 6.61 Å². The van der Waals surface area contributed by atoms with Crippen molar-refractivity contribution < 1.29 is 14.3 Å². The Kier molecular flexibility index (Phi) is 7.30. The molecule has 0 unspecified atom stereocenters. The van der Waals surface area contributed by atoms with Crippen molar-refractivity contribution in [1.29, 1.82) is 0 Å². The van der Waals surface area contributed by atoms with Gasteiger partial charge in [0.1, 0.15) is 4.88 Å². The van der Waals surface area contributed by atoms with Crippen molar-refractivity contribution in [2.45, 2.75) is 13.5 Å². The number of benzene rings is 3. The van der Waals surface area contributed by atoms with Gasteiger partial charge in [-0.3, -0.25) is 9.69 Å². The Morgan fingerprint density at radius 3 is 2.31 bits per heavy atom. The van der Waals surface area contributed by atoms with E-state index in [1.807, 2.05) is 61.5 Å². The second kappa shape index (κ2) is 10.9. The molecule has 0 spiro atoms. The molecule has 1 saturated heterocycles. The highest BCUT2D eigenvalue weighted by Gasteiger charge is 2.19. The quantitative estimate of drug-likeness (QED) is 0.349. The van der Waals surface area contributed by atoms with Crippen molar-refractivity contribution in [3.8, 4) is 0 Å². The summed E-state index contributed by atoms with van der Waals surface area (Å²) in [5, 5.41) is 3.85. The molecule has 0 saturated carbocycles. The van der Waals surface area contributed by atoms with E-state index < -0.39 is 5.97 Å². The first-order valence-corrected chi connectivity index (χ1v) is 12.9. The number of aryl methyl sites for hydroxylation is 1. The third kappa shape index (κ3) is 5.58. The van der Waals surface area contributed by atoms with Crippen LogP contribution in [0.2, 0.25) is 0 Å². The molecule has 6 nitrogen and oxygen atoms in total. The van der Waals surface area contributed by atoms with Crippen molar-refractivity contribution in [3.63, 3.8) is 0 Å². The van der Waals surface area contributed by atoms with Gasteiger partial charge in [-0.25, -0.2) is 4.79 Å². The van der Waals surface area contributed by atoms with Crippen molar-refractivity contribution in [2.24, 2.45) is 0 Å². The maximum Gasteiger partial charge on any atom is 0.349 e. The predicted molar refractivity (Wildman–Crippen MR) is 146 cm³/mol. The molecule has 184 valence electrons. The second-order valence-electron chi connectivity index (χ2n) is 8.97. The molecule has 1 N–H and O–H groups in total. The number of piperazine rings is 1. The molecule has 0 atom stereocenters. The number of carbonyl (C=O) groups is 2. The Hall–Kier alpha value is -3.68. The van der Waals surface area contributed by atoms with Crippen molar-refractivity contribution in [1.82, 2.24) is 4.90 Å². The molecule has 2 heterocycles. The molecule has 1 aliphatic heterocycles. The van der Waals surface area contributed by atoms with Crippen LogP contribution in [0.3, 0.4) is 0 Å². The van der Waals surface area contributed by atoms with E-state index in [0.29, 0.717) is 10.6 Å². The standard InChI is InChI=1S/C29H29N3O3S/c1-21-25-9-5-6-10-26(25)36-28(21)29(34)35-20-27(33)30-23-11-13-24(14-12-23)32-17-15-31(16-18-32)19-22-7-3-2-4-8-22/h2-14H,15-20H2,1H3,(H,30,33). The van der Waals surface area contributed by atoms with E-state index in [0.717, 1.165) is 54.1 Å². The van der Waals surface area contributed by atoms with Gasteiger partial charge in [0.05, 0.1) is 0 Å². The summed E-state index contributed by atoms with van der Waals surface area (Å²) >= 11 is 1.39. The van der Waals surface area contributed by atoms with Crippen molar-refractivity contribution >= 4 is 44.7 Å². The summed E-state index contributed by atoms with van der Waals surface area (Å²) in [4.78, 5) is 30.3. The van der Waals surface area contributed by atoms with E-state index in [4.69, 9.17) is 4.74 Å². The SMILES string of the molecule is Cc1c(C(=O)OCC(=O)Nc2ccc(N3CCN(Cc4ccccc4)CC3)cc2)sc2ccccc12. The molecule has 0 radical (unpaired) electrons. The molecule has 1 amide bonds. The Balaban J connectivity index is 1.09. The van der Waals surface area contributed by atoms with Crippen LogP contribution in [0.25, 0.3) is 10.1 Å². The Labute approximate surface area is 215 Å². The molecule has 7 heteroatoms. The van der Waals surface area contributed by atoms with Gasteiger partial charge in [0, 0.05) is 48.8 Å². The fourth-order valence-electron chi connectivity index (χ4n) is 4.52. The third-order valence-corrected chi connectivity index (χ3v) is 7.75. The summed E-state index contributed by atoms with van der Waals surface area (Å²) in [6.45, 7) is 6.51. The van der Waals surface area contributed by atoms with Crippen LogP contribution in [0, 0.1) is 6.92 Å². The molecule has 36 heavy (non-hydrogen) atoms. The molecule has 1 fully saturated rings. The first kappa shape index (κ1) is 24.0. The molecule has 0 bridgehead atoms. The number of esters is 1. The number of thiophene rings is 1.